The molecule has 0 aromatic rings. The van der Waals surface area contributed by atoms with Gasteiger partial charge < -0.3 is 10.2 Å². The van der Waals surface area contributed by atoms with Crippen molar-refractivity contribution in [2.75, 3.05) is 0 Å². The minimum absolute atomic E-state index is 0.438. The van der Waals surface area contributed by atoms with Gasteiger partial charge in [-0.15, -0.1) is 6.58 Å². The zero-order valence-corrected chi connectivity index (χ0v) is 11.7. The highest BCUT2D eigenvalue weighted by Gasteiger charge is 1.97. The van der Waals surface area contributed by atoms with Crippen molar-refractivity contribution >= 4 is 0 Å². The molecule has 0 saturated carbocycles. The number of aliphatic hydroxyl groups is 2. The molecule has 2 atom stereocenters. The summed E-state index contributed by atoms with van der Waals surface area (Å²) >= 11 is 0. The Hall–Kier alpha value is -1.48. The van der Waals surface area contributed by atoms with Crippen molar-refractivity contribution < 1.29 is 10.2 Å². The predicted molar refractivity (Wildman–Crippen MR) is 80.3 cm³/mol. The van der Waals surface area contributed by atoms with Gasteiger partial charge in [0, 0.05) is 0 Å². The van der Waals surface area contributed by atoms with Crippen molar-refractivity contribution in [3.05, 3.63) is 24.8 Å². The van der Waals surface area contributed by atoms with Crippen molar-refractivity contribution in [1.82, 2.24) is 0 Å². The molecule has 19 heavy (non-hydrogen) atoms. The molecule has 1 unspecified atom stereocenters. The average molecular weight is 260 g/mol. The van der Waals surface area contributed by atoms with Crippen LogP contribution in [-0.2, 0) is 0 Å². The van der Waals surface area contributed by atoms with Gasteiger partial charge in [0.2, 0.25) is 0 Å². The van der Waals surface area contributed by atoms with Crippen LogP contribution in [0, 0.1) is 23.7 Å². The van der Waals surface area contributed by atoms with Gasteiger partial charge in [0.1, 0.15) is 6.10 Å². The van der Waals surface area contributed by atoms with E-state index in [1.165, 1.54) is 0 Å². The monoisotopic (exact) mass is 260 g/mol. The van der Waals surface area contributed by atoms with Gasteiger partial charge in [-0.1, -0.05) is 37.7 Å². The zero-order valence-electron chi connectivity index (χ0n) is 11.7. The van der Waals surface area contributed by atoms with Crippen LogP contribution >= 0.6 is 0 Å². The average Bonchev–Trinajstić information content (AvgIpc) is 2.42. The summed E-state index contributed by atoms with van der Waals surface area (Å²) < 4.78 is 0. The maximum absolute atomic E-state index is 9.64. The van der Waals surface area contributed by atoms with Crippen LogP contribution in [0.1, 0.15) is 45.4 Å². The molecule has 2 heteroatoms. The lowest BCUT2D eigenvalue weighted by Gasteiger charge is -2.03. The van der Waals surface area contributed by atoms with Crippen LogP contribution in [0.2, 0.25) is 0 Å². The SMILES string of the molecule is C=CCCCCCC(O)/C=C/C#CC#C[C@@H](O)CC. The third kappa shape index (κ3) is 12.8. The van der Waals surface area contributed by atoms with Crippen molar-refractivity contribution in [2.45, 2.75) is 57.7 Å². The summed E-state index contributed by atoms with van der Waals surface area (Å²) in [5.74, 6) is 10.5. The van der Waals surface area contributed by atoms with E-state index in [1.807, 2.05) is 13.0 Å². The third-order valence-electron chi connectivity index (χ3n) is 2.57. The molecule has 0 heterocycles. The van der Waals surface area contributed by atoms with Gasteiger partial charge in [-0.25, -0.2) is 0 Å². The van der Waals surface area contributed by atoms with Gasteiger partial charge in [0.05, 0.1) is 6.10 Å². The highest BCUT2D eigenvalue weighted by molar-refractivity contribution is 5.31. The first kappa shape index (κ1) is 17.5. The Morgan fingerprint density at radius 1 is 1.16 bits per heavy atom. The second kappa shape index (κ2) is 13.0. The zero-order chi connectivity index (χ0) is 14.3. The number of unbranched alkanes of at least 4 members (excludes halogenated alkanes) is 3. The van der Waals surface area contributed by atoms with E-state index in [-0.39, 0.29) is 0 Å². The smallest absolute Gasteiger partial charge is 0.115 e. The topological polar surface area (TPSA) is 40.5 Å². The lowest BCUT2D eigenvalue weighted by molar-refractivity contribution is 0.208. The summed E-state index contributed by atoms with van der Waals surface area (Å²) in [6.45, 7) is 5.53. The quantitative estimate of drug-likeness (QED) is 0.400. The lowest BCUT2D eigenvalue weighted by Crippen LogP contribution is -2.01. The van der Waals surface area contributed by atoms with Crippen LogP contribution < -0.4 is 0 Å². The second-order valence-corrected chi connectivity index (χ2v) is 4.32. The van der Waals surface area contributed by atoms with Crippen LogP contribution in [0.4, 0.5) is 0 Å². The summed E-state index contributed by atoms with van der Waals surface area (Å²) in [6.07, 6.45) is 9.84. The number of aliphatic hydroxyl groups excluding tert-OH is 2. The molecule has 0 saturated heterocycles. The Bertz CT molecular complexity index is 374. The molecule has 0 radical (unpaired) electrons. The normalized spacial score (nSPS) is 13.0. The van der Waals surface area contributed by atoms with E-state index in [2.05, 4.69) is 30.3 Å². The van der Waals surface area contributed by atoms with Crippen LogP contribution in [0.15, 0.2) is 24.8 Å². The predicted octanol–water partition coefficient (Wildman–Crippen LogP) is 2.82. The third-order valence-corrected chi connectivity index (χ3v) is 2.57. The molecule has 0 aliphatic carbocycles. The van der Waals surface area contributed by atoms with Crippen LogP contribution in [0.5, 0.6) is 0 Å². The van der Waals surface area contributed by atoms with Crippen molar-refractivity contribution in [3.63, 3.8) is 0 Å². The lowest BCUT2D eigenvalue weighted by atomic mass is 10.1. The number of hydrogen-bond acceptors (Lipinski definition) is 2. The number of allylic oxidation sites excluding steroid dienone is 2. The Morgan fingerprint density at radius 2 is 1.95 bits per heavy atom. The van der Waals surface area contributed by atoms with Crippen LogP contribution in [0.25, 0.3) is 0 Å². The molecule has 0 amide bonds. The molecule has 0 fully saturated rings. The number of rotatable bonds is 8. The van der Waals surface area contributed by atoms with E-state index in [0.29, 0.717) is 6.42 Å². The van der Waals surface area contributed by atoms with Crippen LogP contribution in [-0.4, -0.2) is 22.4 Å². The van der Waals surface area contributed by atoms with Gasteiger partial charge in [-0.3, -0.25) is 0 Å². The first-order valence-electron chi connectivity index (χ1n) is 6.85. The molecule has 0 aromatic carbocycles. The Balaban J connectivity index is 3.77. The maximum Gasteiger partial charge on any atom is 0.115 e. The van der Waals surface area contributed by atoms with E-state index < -0.39 is 12.2 Å². The minimum atomic E-state index is -0.598. The molecule has 2 nitrogen and oxygen atoms in total. The molecule has 104 valence electrons. The molecule has 0 aliphatic rings. The molecular formula is C17H24O2. The Kier molecular flexibility index (Phi) is 12.0. The summed E-state index contributed by atoms with van der Waals surface area (Å²) in [6, 6.07) is 0. The van der Waals surface area contributed by atoms with Crippen molar-refractivity contribution in [1.29, 1.82) is 0 Å². The van der Waals surface area contributed by atoms with Crippen LogP contribution in [0.3, 0.4) is 0 Å². The number of hydrogen-bond donors (Lipinski definition) is 2. The molecule has 0 aliphatic heterocycles. The highest BCUT2D eigenvalue weighted by atomic mass is 16.3. The second-order valence-electron chi connectivity index (χ2n) is 4.32. The van der Waals surface area contributed by atoms with Gasteiger partial charge >= 0.3 is 0 Å². The van der Waals surface area contributed by atoms with Crippen molar-refractivity contribution in [2.24, 2.45) is 0 Å². The van der Waals surface area contributed by atoms with Gasteiger partial charge in [-0.2, -0.15) is 0 Å². The Labute approximate surface area is 117 Å². The molecule has 2 N–H and O–H groups in total. The fourth-order valence-corrected chi connectivity index (χ4v) is 1.37. The van der Waals surface area contributed by atoms with E-state index >= 15 is 0 Å². The van der Waals surface area contributed by atoms with E-state index in [9.17, 15) is 5.11 Å². The summed E-state index contributed by atoms with van der Waals surface area (Å²) in [4.78, 5) is 0. The van der Waals surface area contributed by atoms with Gasteiger partial charge in [0.25, 0.3) is 0 Å². The summed E-state index contributed by atoms with van der Waals surface area (Å²) in [5.41, 5.74) is 0. The van der Waals surface area contributed by atoms with E-state index in [1.54, 1.807) is 12.2 Å². The van der Waals surface area contributed by atoms with E-state index in [4.69, 9.17) is 5.11 Å². The standard InChI is InChI=1S/C17H24O2/c1-3-5-6-7-11-14-17(19)15-12-9-8-10-13-16(18)4-2/h3,12,15-19H,1,4-7,11,14H2,2H3/b15-12+/t16-,17?/m0/s1. The summed E-state index contributed by atoms with van der Waals surface area (Å²) in [7, 11) is 0. The molecule has 0 rings (SSSR count). The maximum atomic E-state index is 9.64. The van der Waals surface area contributed by atoms with E-state index in [0.717, 1.165) is 32.1 Å². The molecule has 0 bridgehead atoms. The first-order chi connectivity index (χ1) is 9.20. The first-order valence-corrected chi connectivity index (χ1v) is 6.85. The van der Waals surface area contributed by atoms with Crippen molar-refractivity contribution in [3.8, 4) is 23.7 Å². The van der Waals surface area contributed by atoms with Gasteiger partial charge in [0.15, 0.2) is 0 Å². The minimum Gasteiger partial charge on any atom is -0.389 e. The largest absolute Gasteiger partial charge is 0.389 e. The Morgan fingerprint density at radius 3 is 2.63 bits per heavy atom. The highest BCUT2D eigenvalue weighted by Crippen LogP contribution is 2.06. The summed E-state index contributed by atoms with van der Waals surface area (Å²) in [5, 5.41) is 18.8. The molecular weight excluding hydrogens is 236 g/mol. The molecule has 0 aromatic heterocycles. The van der Waals surface area contributed by atoms with Gasteiger partial charge in [-0.05, 0) is 49.7 Å². The fraction of sp³-hybridized carbons (Fsp3) is 0.529. The fourth-order valence-electron chi connectivity index (χ4n) is 1.37. The molecule has 0 spiro atoms.